The number of thiol groups is 1. The summed E-state index contributed by atoms with van der Waals surface area (Å²) in [5.74, 6) is -7.59. The molecule has 6 atom stereocenters. The van der Waals surface area contributed by atoms with Crippen molar-refractivity contribution in [1.29, 1.82) is 0 Å². The fourth-order valence-corrected chi connectivity index (χ4v) is 4.26. The van der Waals surface area contributed by atoms with Gasteiger partial charge >= 0.3 is 11.9 Å². The van der Waals surface area contributed by atoms with Gasteiger partial charge in [-0.15, -0.1) is 0 Å². The van der Waals surface area contributed by atoms with Crippen LogP contribution in [0.2, 0.25) is 0 Å². The lowest BCUT2D eigenvalue weighted by Crippen LogP contribution is -2.61. The van der Waals surface area contributed by atoms with Gasteiger partial charge < -0.3 is 47.2 Å². The van der Waals surface area contributed by atoms with Gasteiger partial charge in [0.05, 0.1) is 19.1 Å². The summed E-state index contributed by atoms with van der Waals surface area (Å²) < 4.78 is 0. The van der Waals surface area contributed by atoms with E-state index in [2.05, 4.69) is 33.9 Å². The topological polar surface area (TPSA) is 258 Å². The second-order valence-corrected chi connectivity index (χ2v) is 10.0. The molecule has 226 valence electrons. The Kier molecular flexibility index (Phi) is 13.8. The Morgan fingerprint density at radius 2 is 1.52 bits per heavy atom. The van der Waals surface area contributed by atoms with E-state index in [1.807, 2.05) is 0 Å². The van der Waals surface area contributed by atoms with Crippen molar-refractivity contribution in [3.05, 3.63) is 0 Å². The number of nitrogens with one attached hydrogen (secondary N) is 4. The van der Waals surface area contributed by atoms with E-state index in [-0.39, 0.29) is 18.7 Å². The normalized spacial score (nSPS) is 18.6. The van der Waals surface area contributed by atoms with Gasteiger partial charge in [-0.25, -0.2) is 4.79 Å². The molecule has 0 spiro atoms. The Bertz CT molecular complexity index is 978. The van der Waals surface area contributed by atoms with Crippen molar-refractivity contribution >= 4 is 54.1 Å². The third kappa shape index (κ3) is 9.95. The number of likely N-dealkylation sites (tertiary alicyclic amines) is 1. The zero-order valence-electron chi connectivity index (χ0n) is 22.5. The Labute approximate surface area is 236 Å². The molecule has 0 bridgehead atoms. The van der Waals surface area contributed by atoms with Crippen LogP contribution >= 0.6 is 12.6 Å². The van der Waals surface area contributed by atoms with E-state index in [1.165, 1.54) is 6.92 Å². The molecule has 1 aliphatic rings. The highest BCUT2D eigenvalue weighted by Gasteiger charge is 2.40. The second kappa shape index (κ2) is 16.0. The van der Waals surface area contributed by atoms with Crippen molar-refractivity contribution in [2.45, 2.75) is 76.3 Å². The first-order valence-corrected chi connectivity index (χ1v) is 13.2. The number of nitrogens with zero attached hydrogens (tertiary/aromatic N) is 1. The quantitative estimate of drug-likeness (QED) is 0.0842. The molecule has 40 heavy (non-hydrogen) atoms. The van der Waals surface area contributed by atoms with Crippen molar-refractivity contribution in [3.8, 4) is 0 Å². The predicted molar refractivity (Wildman–Crippen MR) is 142 cm³/mol. The van der Waals surface area contributed by atoms with Crippen LogP contribution in [0.1, 0.15) is 40.0 Å². The zero-order valence-corrected chi connectivity index (χ0v) is 23.3. The van der Waals surface area contributed by atoms with Crippen LogP contribution in [-0.4, -0.2) is 117 Å². The smallest absolute Gasteiger partial charge is 0.327 e. The van der Waals surface area contributed by atoms with Gasteiger partial charge in [-0.05, 0) is 25.7 Å². The van der Waals surface area contributed by atoms with Gasteiger partial charge in [0.25, 0.3) is 0 Å². The average Bonchev–Trinajstić information content (AvgIpc) is 3.36. The molecule has 16 nitrogen and oxygen atoms in total. The first kappa shape index (κ1) is 34.6. The van der Waals surface area contributed by atoms with E-state index in [9.17, 15) is 38.7 Å². The van der Waals surface area contributed by atoms with Gasteiger partial charge in [0.2, 0.25) is 29.5 Å². The molecule has 5 amide bonds. The summed E-state index contributed by atoms with van der Waals surface area (Å²) in [7, 11) is 0. The number of aliphatic hydroxyl groups excluding tert-OH is 1. The first-order valence-electron chi connectivity index (χ1n) is 12.6. The molecular formula is C23H38N6O10S. The molecule has 0 aromatic heterocycles. The highest BCUT2D eigenvalue weighted by Crippen LogP contribution is 2.20. The van der Waals surface area contributed by atoms with Crippen molar-refractivity contribution in [3.63, 3.8) is 0 Å². The molecule has 9 N–H and O–H groups in total. The van der Waals surface area contributed by atoms with E-state index >= 15 is 0 Å². The van der Waals surface area contributed by atoms with Crippen molar-refractivity contribution < 1.29 is 48.9 Å². The molecule has 0 aliphatic carbocycles. The van der Waals surface area contributed by atoms with Gasteiger partial charge in [-0.2, -0.15) is 12.6 Å². The van der Waals surface area contributed by atoms with Crippen LogP contribution in [-0.2, 0) is 33.6 Å². The minimum Gasteiger partial charge on any atom is -0.481 e. The monoisotopic (exact) mass is 590 g/mol. The summed E-state index contributed by atoms with van der Waals surface area (Å²) >= 11 is 3.85. The maximum atomic E-state index is 13.2. The summed E-state index contributed by atoms with van der Waals surface area (Å²) in [4.78, 5) is 87.3. The summed E-state index contributed by atoms with van der Waals surface area (Å²) in [5, 5.41) is 37.6. The molecule has 1 heterocycles. The van der Waals surface area contributed by atoms with Crippen LogP contribution in [0.5, 0.6) is 0 Å². The van der Waals surface area contributed by atoms with Gasteiger partial charge in [-0.3, -0.25) is 28.8 Å². The van der Waals surface area contributed by atoms with Crippen LogP contribution in [0.3, 0.4) is 0 Å². The number of amides is 5. The number of nitrogens with two attached hydrogens (primary N) is 1. The molecule has 1 fully saturated rings. The van der Waals surface area contributed by atoms with Gasteiger partial charge in [0.1, 0.15) is 30.2 Å². The standard InChI is InChI=1S/C23H38N6O10S/c1-10(2)17(20(35)28-18(11(3)30)21(36)26-13(9-40)23(38)39)27-19(34)14-5-4-6-29(14)22(37)12(7-16(32)33)25-15(31)8-24/h10-14,17-18,30,40H,4-9,24H2,1-3H3,(H,25,31)(H,26,36)(H,27,34)(H,28,35)(H,32,33)(H,38,39)/t11-,12+,13+,14+,17+,18+/m1/s1. The summed E-state index contributed by atoms with van der Waals surface area (Å²) in [6.45, 7) is 4.04. The summed E-state index contributed by atoms with van der Waals surface area (Å²) in [5.41, 5.74) is 5.25. The van der Waals surface area contributed by atoms with Crippen LogP contribution in [0.25, 0.3) is 0 Å². The molecular weight excluding hydrogens is 552 g/mol. The van der Waals surface area contributed by atoms with Gasteiger partial charge in [0.15, 0.2) is 0 Å². The molecule has 0 radical (unpaired) electrons. The maximum Gasteiger partial charge on any atom is 0.327 e. The number of carbonyl (C=O) groups excluding carboxylic acids is 5. The average molecular weight is 591 g/mol. The molecule has 0 aromatic carbocycles. The number of aliphatic hydroxyl groups is 1. The molecule has 0 aromatic rings. The van der Waals surface area contributed by atoms with Gasteiger partial charge in [0, 0.05) is 12.3 Å². The minimum absolute atomic E-state index is 0.101. The third-order valence-corrected chi connectivity index (χ3v) is 6.51. The number of hydrogen-bond donors (Lipinski definition) is 9. The molecule has 1 rings (SSSR count). The number of carbonyl (C=O) groups is 7. The zero-order chi connectivity index (χ0) is 30.7. The molecule has 0 unspecified atom stereocenters. The fraction of sp³-hybridized carbons (Fsp3) is 0.696. The van der Waals surface area contributed by atoms with E-state index < -0.39 is 96.7 Å². The molecule has 17 heteroatoms. The van der Waals surface area contributed by atoms with Gasteiger partial charge in [-0.1, -0.05) is 13.8 Å². The highest BCUT2D eigenvalue weighted by atomic mass is 32.1. The highest BCUT2D eigenvalue weighted by molar-refractivity contribution is 7.80. The number of rotatable bonds is 15. The predicted octanol–water partition coefficient (Wildman–Crippen LogP) is -3.60. The van der Waals surface area contributed by atoms with Crippen LogP contribution in [0.4, 0.5) is 0 Å². The Hall–Kier alpha value is -3.44. The van der Waals surface area contributed by atoms with Crippen LogP contribution in [0, 0.1) is 5.92 Å². The third-order valence-electron chi connectivity index (χ3n) is 6.14. The lowest BCUT2D eigenvalue weighted by molar-refractivity contribution is -0.146. The molecule has 0 saturated carbocycles. The van der Waals surface area contributed by atoms with Crippen molar-refractivity contribution in [2.75, 3.05) is 18.8 Å². The molecule has 1 saturated heterocycles. The lowest BCUT2D eigenvalue weighted by atomic mass is 10.0. The first-order chi connectivity index (χ1) is 18.6. The largest absolute Gasteiger partial charge is 0.481 e. The van der Waals surface area contributed by atoms with E-state index in [1.54, 1.807) is 13.8 Å². The lowest BCUT2D eigenvalue weighted by Gasteiger charge is -2.31. The van der Waals surface area contributed by atoms with E-state index in [0.29, 0.717) is 6.42 Å². The fourth-order valence-electron chi connectivity index (χ4n) is 4.01. The molecule has 1 aliphatic heterocycles. The summed E-state index contributed by atoms with van der Waals surface area (Å²) in [6.07, 6.45) is -1.56. The SMILES string of the molecule is CC(C)[C@H](NC(=O)[C@@H]1CCCN1C(=O)[C@H](CC(=O)O)NC(=O)CN)C(=O)N[C@H](C(=O)N[C@@H](CS)C(=O)O)[C@@H](C)O. The number of aliphatic carboxylic acids is 2. The van der Waals surface area contributed by atoms with Crippen LogP contribution in [0.15, 0.2) is 0 Å². The van der Waals surface area contributed by atoms with Crippen molar-refractivity contribution in [2.24, 2.45) is 11.7 Å². The van der Waals surface area contributed by atoms with Crippen LogP contribution < -0.4 is 27.0 Å². The number of hydrogen-bond acceptors (Lipinski definition) is 10. The minimum atomic E-state index is -1.56. The number of carboxylic acids is 2. The Balaban J connectivity index is 3.05. The van der Waals surface area contributed by atoms with Crippen molar-refractivity contribution in [1.82, 2.24) is 26.2 Å². The Morgan fingerprint density at radius 3 is 2.00 bits per heavy atom. The Morgan fingerprint density at radius 1 is 0.925 bits per heavy atom. The van der Waals surface area contributed by atoms with E-state index in [4.69, 9.17) is 15.9 Å². The maximum absolute atomic E-state index is 13.2. The second-order valence-electron chi connectivity index (χ2n) is 9.65. The van der Waals surface area contributed by atoms with E-state index in [0.717, 1.165) is 4.90 Å². The number of carboxylic acid groups (broad SMARTS) is 2. The summed E-state index contributed by atoms with van der Waals surface area (Å²) in [6, 6.07) is -6.69.